The van der Waals surface area contributed by atoms with Crippen molar-refractivity contribution in [2.45, 2.75) is 12.8 Å². The van der Waals surface area contributed by atoms with Gasteiger partial charge in [-0.1, -0.05) is 6.07 Å². The molecule has 0 unspecified atom stereocenters. The molecular weight excluding hydrogens is 480 g/mol. The number of nitrogens with zero attached hydrogens (tertiary/aromatic N) is 3. The van der Waals surface area contributed by atoms with E-state index in [1.165, 1.54) is 0 Å². The van der Waals surface area contributed by atoms with E-state index in [2.05, 4.69) is 20.6 Å². The molecule has 0 atom stereocenters. The van der Waals surface area contributed by atoms with Crippen LogP contribution in [0.15, 0.2) is 73.2 Å². The van der Waals surface area contributed by atoms with Crippen LogP contribution < -0.4 is 10.6 Å². The molecule has 9 heteroatoms. The second-order valence-electron chi connectivity index (χ2n) is 9.58. The molecule has 4 heterocycles. The van der Waals surface area contributed by atoms with E-state index in [0.717, 1.165) is 39.1 Å². The fraction of sp³-hybridized carbons (Fsp3) is 0.207. The van der Waals surface area contributed by atoms with Gasteiger partial charge >= 0.3 is 0 Å². The third-order valence-electron chi connectivity index (χ3n) is 7.33. The van der Waals surface area contributed by atoms with E-state index in [4.69, 9.17) is 0 Å². The summed E-state index contributed by atoms with van der Waals surface area (Å²) >= 11 is 0. The van der Waals surface area contributed by atoms with Crippen molar-refractivity contribution in [2.75, 3.05) is 25.5 Å². The lowest BCUT2D eigenvalue weighted by Crippen LogP contribution is -2.42. The Labute approximate surface area is 219 Å². The van der Waals surface area contributed by atoms with Crippen molar-refractivity contribution in [3.63, 3.8) is 0 Å². The fourth-order valence-corrected chi connectivity index (χ4v) is 5.21. The highest BCUT2D eigenvalue weighted by Crippen LogP contribution is 2.32. The Morgan fingerprint density at radius 3 is 2.61 bits per heavy atom. The van der Waals surface area contributed by atoms with Crippen molar-refractivity contribution in [1.82, 2.24) is 24.6 Å². The van der Waals surface area contributed by atoms with Gasteiger partial charge in [0, 0.05) is 66.7 Å². The number of carbonyl (C=O) groups is 2. The molecule has 192 valence electrons. The van der Waals surface area contributed by atoms with Gasteiger partial charge in [0.25, 0.3) is 5.91 Å². The summed E-state index contributed by atoms with van der Waals surface area (Å²) in [5.74, 6) is 0.178. The van der Waals surface area contributed by atoms with Crippen LogP contribution in [0.1, 0.15) is 23.2 Å². The molecule has 9 nitrogen and oxygen atoms in total. The maximum atomic E-state index is 13.0. The lowest BCUT2D eigenvalue weighted by Gasteiger charge is -2.31. The summed E-state index contributed by atoms with van der Waals surface area (Å²) in [5, 5.41) is 17.8. The van der Waals surface area contributed by atoms with Crippen molar-refractivity contribution in [2.24, 2.45) is 5.92 Å². The smallest absolute Gasteiger partial charge is 0.253 e. The van der Waals surface area contributed by atoms with Gasteiger partial charge in [-0.2, -0.15) is 0 Å². The zero-order chi connectivity index (χ0) is 26.2. The van der Waals surface area contributed by atoms with Crippen molar-refractivity contribution in [1.29, 1.82) is 0 Å². The van der Waals surface area contributed by atoms with Gasteiger partial charge in [-0.15, -0.1) is 0 Å². The van der Waals surface area contributed by atoms with Gasteiger partial charge in [0.1, 0.15) is 0 Å². The minimum atomic E-state index is -0.0218. The molecule has 0 saturated carbocycles. The topological polar surface area (TPSA) is 115 Å². The molecule has 1 aliphatic heterocycles. The van der Waals surface area contributed by atoms with Gasteiger partial charge in [0.05, 0.1) is 11.4 Å². The Morgan fingerprint density at radius 1 is 1.05 bits per heavy atom. The van der Waals surface area contributed by atoms with Gasteiger partial charge in [0.15, 0.2) is 11.5 Å². The summed E-state index contributed by atoms with van der Waals surface area (Å²) in [6.45, 7) is 1.17. The number of aromatic hydroxyl groups is 1. The Hall–Kier alpha value is -4.79. The maximum absolute atomic E-state index is 13.0. The predicted molar refractivity (Wildman–Crippen MR) is 147 cm³/mol. The average Bonchev–Trinajstić information content (AvgIpc) is 3.60. The average molecular weight is 509 g/mol. The van der Waals surface area contributed by atoms with Crippen LogP contribution in [0.25, 0.3) is 27.7 Å². The number of aromatic nitrogens is 3. The fourth-order valence-electron chi connectivity index (χ4n) is 5.21. The number of pyridine rings is 1. The molecule has 2 aromatic carbocycles. The second kappa shape index (κ2) is 9.59. The Bertz CT molecular complexity index is 1640. The molecule has 0 bridgehead atoms. The van der Waals surface area contributed by atoms with Crippen LogP contribution in [0.4, 0.5) is 11.4 Å². The first kappa shape index (κ1) is 23.6. The van der Waals surface area contributed by atoms with E-state index in [0.29, 0.717) is 31.5 Å². The van der Waals surface area contributed by atoms with Crippen LogP contribution in [0.5, 0.6) is 5.88 Å². The second-order valence-corrected chi connectivity index (χ2v) is 9.58. The molecule has 4 N–H and O–H groups in total. The van der Waals surface area contributed by atoms with E-state index in [1.807, 2.05) is 70.1 Å². The molecule has 0 spiro atoms. The lowest BCUT2D eigenvalue weighted by atomic mass is 9.95. The molecule has 6 rings (SSSR count). The third kappa shape index (κ3) is 4.21. The van der Waals surface area contributed by atoms with E-state index >= 15 is 0 Å². The molecule has 5 aromatic rings. The van der Waals surface area contributed by atoms with E-state index in [-0.39, 0.29) is 23.6 Å². The first-order valence-electron chi connectivity index (χ1n) is 12.7. The summed E-state index contributed by atoms with van der Waals surface area (Å²) in [7, 11) is 1.65. The van der Waals surface area contributed by atoms with Gasteiger partial charge in [-0.05, 0) is 66.9 Å². The Kier molecular flexibility index (Phi) is 5.95. The molecule has 2 amide bonds. The summed E-state index contributed by atoms with van der Waals surface area (Å²) in [6, 6.07) is 17.4. The predicted octanol–water partition coefficient (Wildman–Crippen LogP) is 4.53. The monoisotopic (exact) mass is 508 g/mol. The van der Waals surface area contributed by atoms with Gasteiger partial charge in [-0.3, -0.25) is 14.0 Å². The van der Waals surface area contributed by atoms with Gasteiger partial charge in [0.2, 0.25) is 5.91 Å². The molecule has 1 saturated heterocycles. The summed E-state index contributed by atoms with van der Waals surface area (Å²) in [4.78, 5) is 34.1. The quantitative estimate of drug-likeness (QED) is 0.279. The molecular formula is C29H28N6O3. The van der Waals surface area contributed by atoms with E-state index < -0.39 is 0 Å². The normalized spacial score (nSPS) is 14.2. The number of carbonyl (C=O) groups excluding carboxylic acids is 2. The van der Waals surface area contributed by atoms with Crippen LogP contribution in [-0.2, 0) is 4.79 Å². The van der Waals surface area contributed by atoms with Crippen molar-refractivity contribution < 1.29 is 14.7 Å². The number of H-pyrrole nitrogens is 1. The van der Waals surface area contributed by atoms with Crippen LogP contribution in [0.3, 0.4) is 0 Å². The maximum Gasteiger partial charge on any atom is 0.253 e. The molecule has 0 aliphatic carbocycles. The van der Waals surface area contributed by atoms with Crippen molar-refractivity contribution in [3.05, 3.63) is 78.8 Å². The zero-order valence-electron chi connectivity index (χ0n) is 20.9. The number of hydrogen-bond donors (Lipinski definition) is 4. The lowest BCUT2D eigenvalue weighted by molar-refractivity contribution is -0.125. The number of imidazole rings is 1. The van der Waals surface area contributed by atoms with Crippen LogP contribution in [-0.4, -0.2) is 56.3 Å². The largest absolute Gasteiger partial charge is 0.494 e. The Morgan fingerprint density at radius 2 is 1.84 bits per heavy atom. The summed E-state index contributed by atoms with van der Waals surface area (Å²) in [5.41, 5.74) is 5.08. The standard InChI is InChI=1S/C29H28N6O3/c1-30-27(36)18-10-13-34(14-11-18)29(38)19-2-5-22(6-3-19)33-24-8-9-25(35-15-12-31-26(24)35)20-4-7-23-21(16-20)17-32-28(23)37/h2-9,12,15-18,32-33,37H,10-11,13-14H2,1H3,(H,30,36). The number of hydrogen-bond acceptors (Lipinski definition) is 5. The van der Waals surface area contributed by atoms with Gasteiger partial charge in [-0.25, -0.2) is 4.98 Å². The highest BCUT2D eigenvalue weighted by atomic mass is 16.3. The van der Waals surface area contributed by atoms with Crippen LogP contribution in [0.2, 0.25) is 0 Å². The molecule has 1 fully saturated rings. The zero-order valence-corrected chi connectivity index (χ0v) is 20.9. The summed E-state index contributed by atoms with van der Waals surface area (Å²) in [6.07, 6.45) is 6.84. The van der Waals surface area contributed by atoms with Crippen LogP contribution in [0, 0.1) is 5.92 Å². The minimum Gasteiger partial charge on any atom is -0.494 e. The third-order valence-corrected chi connectivity index (χ3v) is 7.33. The highest BCUT2D eigenvalue weighted by Gasteiger charge is 2.27. The highest BCUT2D eigenvalue weighted by molar-refractivity contribution is 5.95. The number of benzene rings is 2. The molecule has 3 aromatic heterocycles. The van der Waals surface area contributed by atoms with Crippen LogP contribution >= 0.6 is 0 Å². The molecule has 38 heavy (non-hydrogen) atoms. The number of fused-ring (bicyclic) bond motifs is 2. The number of aromatic amines is 1. The number of piperidine rings is 1. The number of nitrogens with one attached hydrogen (secondary N) is 3. The van der Waals surface area contributed by atoms with Crippen molar-refractivity contribution in [3.8, 4) is 17.1 Å². The van der Waals surface area contributed by atoms with Crippen molar-refractivity contribution >= 4 is 39.6 Å². The number of likely N-dealkylation sites (tertiary alicyclic amines) is 1. The minimum absolute atomic E-state index is 0.0142. The number of amides is 2. The molecule has 0 radical (unpaired) electrons. The molecule has 1 aliphatic rings. The van der Waals surface area contributed by atoms with Gasteiger partial charge < -0.3 is 25.6 Å². The van der Waals surface area contributed by atoms with E-state index in [9.17, 15) is 14.7 Å². The Balaban J connectivity index is 1.19. The first-order valence-corrected chi connectivity index (χ1v) is 12.7. The number of rotatable bonds is 5. The van der Waals surface area contributed by atoms with E-state index in [1.54, 1.807) is 19.4 Å². The summed E-state index contributed by atoms with van der Waals surface area (Å²) < 4.78 is 2.02. The number of anilines is 2. The first-order chi connectivity index (χ1) is 18.5. The SMILES string of the molecule is CNC(=O)C1CCN(C(=O)c2ccc(Nc3ccc(-c4ccc5c(O)[nH]cc5c4)n4ccnc34)cc2)CC1.